The molecule has 3 heteroatoms. The Balaban J connectivity index is 2.23. The van der Waals surface area contributed by atoms with Gasteiger partial charge in [-0.15, -0.1) is 6.42 Å². The highest BCUT2D eigenvalue weighted by Gasteiger charge is 2.19. The van der Waals surface area contributed by atoms with Crippen molar-refractivity contribution in [2.24, 2.45) is 0 Å². The van der Waals surface area contributed by atoms with Gasteiger partial charge in [0, 0.05) is 26.1 Å². The monoisotopic (exact) mass is 180 g/mol. The van der Waals surface area contributed by atoms with Crippen molar-refractivity contribution >= 4 is 5.91 Å². The molecular formula is C10H16N2O. The molecule has 1 heterocycles. The molecule has 1 N–H and O–H groups in total. The molecule has 0 aromatic carbocycles. The van der Waals surface area contributed by atoms with Crippen LogP contribution in [0, 0.1) is 12.3 Å². The molecule has 1 aliphatic rings. The van der Waals surface area contributed by atoms with E-state index in [2.05, 4.69) is 11.2 Å². The van der Waals surface area contributed by atoms with Gasteiger partial charge in [-0.2, -0.15) is 0 Å². The van der Waals surface area contributed by atoms with Crippen LogP contribution in [-0.2, 0) is 4.79 Å². The van der Waals surface area contributed by atoms with Crippen molar-refractivity contribution in [3.8, 4) is 12.3 Å². The summed E-state index contributed by atoms with van der Waals surface area (Å²) in [6, 6.07) is 0.492. The smallest absolute Gasteiger partial charge is 0.219 e. The predicted octanol–water partition coefficient (Wildman–Crippen LogP) is 0.220. The molecule has 1 amide bonds. The van der Waals surface area contributed by atoms with Gasteiger partial charge in [-0.1, -0.05) is 5.92 Å². The number of hydrogen-bond donors (Lipinski definition) is 1. The van der Waals surface area contributed by atoms with Crippen molar-refractivity contribution in [3.63, 3.8) is 0 Å². The van der Waals surface area contributed by atoms with Crippen LogP contribution in [0.15, 0.2) is 0 Å². The average Bonchev–Trinajstić information content (AvgIpc) is 2.15. The summed E-state index contributed by atoms with van der Waals surface area (Å²) in [5, 5.41) is 3.26. The van der Waals surface area contributed by atoms with Crippen molar-refractivity contribution in [2.75, 3.05) is 19.6 Å². The van der Waals surface area contributed by atoms with E-state index in [-0.39, 0.29) is 5.91 Å². The molecule has 0 atom stereocenters. The van der Waals surface area contributed by atoms with Crippen LogP contribution >= 0.6 is 0 Å². The number of carbonyl (C=O) groups is 1. The second-order valence-corrected chi connectivity index (χ2v) is 3.37. The molecule has 0 spiro atoms. The number of amides is 1. The van der Waals surface area contributed by atoms with E-state index in [4.69, 9.17) is 6.42 Å². The van der Waals surface area contributed by atoms with Gasteiger partial charge >= 0.3 is 0 Å². The lowest BCUT2D eigenvalue weighted by atomic mass is 10.1. The van der Waals surface area contributed by atoms with E-state index < -0.39 is 0 Å². The number of nitrogens with zero attached hydrogens (tertiary/aromatic N) is 1. The minimum absolute atomic E-state index is 0.176. The van der Waals surface area contributed by atoms with Gasteiger partial charge in [-0.3, -0.25) is 4.79 Å². The van der Waals surface area contributed by atoms with Crippen LogP contribution in [0.25, 0.3) is 0 Å². The summed E-state index contributed by atoms with van der Waals surface area (Å²) in [5.41, 5.74) is 0. The maximum absolute atomic E-state index is 11.0. The maximum Gasteiger partial charge on any atom is 0.219 e. The molecule has 0 radical (unpaired) electrons. The second kappa shape index (κ2) is 4.88. The number of piperidine rings is 1. The number of rotatable bonds is 2. The molecule has 72 valence electrons. The molecular weight excluding hydrogens is 164 g/mol. The first kappa shape index (κ1) is 10.1. The molecule has 0 unspecified atom stereocenters. The number of terminal acetylenes is 1. The van der Waals surface area contributed by atoms with Crippen LogP contribution in [0.1, 0.15) is 19.8 Å². The fourth-order valence-corrected chi connectivity index (χ4v) is 1.60. The molecule has 0 bridgehead atoms. The van der Waals surface area contributed by atoms with Gasteiger partial charge in [0.2, 0.25) is 5.91 Å². The van der Waals surface area contributed by atoms with Crippen LogP contribution in [0.3, 0.4) is 0 Å². The van der Waals surface area contributed by atoms with Gasteiger partial charge in [0.25, 0.3) is 0 Å². The number of likely N-dealkylation sites (tertiary alicyclic amines) is 1. The standard InChI is InChI=1S/C10H16N2O/c1-3-6-11-10-4-7-12(8-5-10)9(2)13/h1,10-11H,4-8H2,2H3. The van der Waals surface area contributed by atoms with Gasteiger partial charge in [-0.05, 0) is 12.8 Å². The Bertz CT molecular complexity index is 211. The number of carbonyl (C=O) groups excluding carboxylic acids is 1. The number of nitrogens with one attached hydrogen (secondary N) is 1. The lowest BCUT2D eigenvalue weighted by Gasteiger charge is -2.31. The van der Waals surface area contributed by atoms with E-state index in [1.807, 2.05) is 4.90 Å². The third-order valence-corrected chi connectivity index (χ3v) is 2.43. The predicted molar refractivity (Wildman–Crippen MR) is 52.1 cm³/mol. The first-order valence-corrected chi connectivity index (χ1v) is 4.66. The summed E-state index contributed by atoms with van der Waals surface area (Å²) in [7, 11) is 0. The normalized spacial score (nSPS) is 18.3. The summed E-state index contributed by atoms with van der Waals surface area (Å²) >= 11 is 0. The third-order valence-electron chi connectivity index (χ3n) is 2.43. The Labute approximate surface area is 79.5 Å². The van der Waals surface area contributed by atoms with E-state index in [1.54, 1.807) is 6.92 Å². The third kappa shape index (κ3) is 3.08. The van der Waals surface area contributed by atoms with Crippen LogP contribution < -0.4 is 5.32 Å². The first-order chi connectivity index (χ1) is 6.24. The topological polar surface area (TPSA) is 32.3 Å². The highest BCUT2D eigenvalue weighted by Crippen LogP contribution is 2.09. The van der Waals surface area contributed by atoms with E-state index in [0.29, 0.717) is 12.6 Å². The summed E-state index contributed by atoms with van der Waals surface area (Å²) in [5.74, 6) is 2.73. The zero-order chi connectivity index (χ0) is 9.68. The van der Waals surface area contributed by atoms with Crippen molar-refractivity contribution < 1.29 is 4.79 Å². The van der Waals surface area contributed by atoms with Gasteiger partial charge in [-0.25, -0.2) is 0 Å². The molecule has 1 rings (SSSR count). The Morgan fingerprint density at radius 2 is 2.23 bits per heavy atom. The molecule has 1 aliphatic heterocycles. The van der Waals surface area contributed by atoms with Crippen LogP contribution in [-0.4, -0.2) is 36.5 Å². The molecule has 0 aromatic rings. The van der Waals surface area contributed by atoms with Crippen molar-refractivity contribution in [2.45, 2.75) is 25.8 Å². The first-order valence-electron chi connectivity index (χ1n) is 4.66. The van der Waals surface area contributed by atoms with Crippen molar-refractivity contribution in [1.82, 2.24) is 10.2 Å². The maximum atomic E-state index is 11.0. The summed E-state index contributed by atoms with van der Waals surface area (Å²) in [4.78, 5) is 12.9. The van der Waals surface area contributed by atoms with Crippen LogP contribution in [0.4, 0.5) is 0 Å². The fourth-order valence-electron chi connectivity index (χ4n) is 1.60. The zero-order valence-corrected chi connectivity index (χ0v) is 8.05. The van der Waals surface area contributed by atoms with Gasteiger partial charge in [0.15, 0.2) is 0 Å². The molecule has 0 aliphatic carbocycles. The summed E-state index contributed by atoms with van der Waals surface area (Å²) in [6.07, 6.45) is 7.17. The zero-order valence-electron chi connectivity index (χ0n) is 8.05. The molecule has 13 heavy (non-hydrogen) atoms. The lowest BCUT2D eigenvalue weighted by Crippen LogP contribution is -2.44. The van der Waals surface area contributed by atoms with E-state index in [1.165, 1.54) is 0 Å². The van der Waals surface area contributed by atoms with E-state index >= 15 is 0 Å². The minimum Gasteiger partial charge on any atom is -0.343 e. The molecule has 1 fully saturated rings. The second-order valence-electron chi connectivity index (χ2n) is 3.37. The van der Waals surface area contributed by atoms with E-state index in [0.717, 1.165) is 25.9 Å². The van der Waals surface area contributed by atoms with Crippen molar-refractivity contribution in [1.29, 1.82) is 0 Å². The summed E-state index contributed by atoms with van der Waals surface area (Å²) < 4.78 is 0. The quantitative estimate of drug-likeness (QED) is 0.617. The minimum atomic E-state index is 0.176. The van der Waals surface area contributed by atoms with Gasteiger partial charge in [0.05, 0.1) is 6.54 Å². The molecule has 1 saturated heterocycles. The Hall–Kier alpha value is -1.01. The Morgan fingerprint density at radius 3 is 2.69 bits per heavy atom. The average molecular weight is 180 g/mol. The lowest BCUT2D eigenvalue weighted by molar-refractivity contribution is -0.129. The SMILES string of the molecule is C#CCNC1CCN(C(C)=O)CC1. The summed E-state index contributed by atoms with van der Waals surface area (Å²) in [6.45, 7) is 3.97. The largest absolute Gasteiger partial charge is 0.343 e. The highest BCUT2D eigenvalue weighted by molar-refractivity contribution is 5.73. The van der Waals surface area contributed by atoms with Gasteiger partial charge < -0.3 is 10.2 Å². The van der Waals surface area contributed by atoms with Gasteiger partial charge in [0.1, 0.15) is 0 Å². The van der Waals surface area contributed by atoms with Crippen LogP contribution in [0.2, 0.25) is 0 Å². The Morgan fingerprint density at radius 1 is 1.62 bits per heavy atom. The molecule has 3 nitrogen and oxygen atoms in total. The molecule has 0 saturated carbocycles. The van der Waals surface area contributed by atoms with Crippen LogP contribution in [0.5, 0.6) is 0 Å². The van der Waals surface area contributed by atoms with E-state index in [9.17, 15) is 4.79 Å². The van der Waals surface area contributed by atoms with Crippen molar-refractivity contribution in [3.05, 3.63) is 0 Å². The number of hydrogen-bond acceptors (Lipinski definition) is 2. The Kier molecular flexibility index (Phi) is 3.78. The molecule has 0 aromatic heterocycles. The fraction of sp³-hybridized carbons (Fsp3) is 0.700. The highest BCUT2D eigenvalue weighted by atomic mass is 16.2.